The lowest BCUT2D eigenvalue weighted by Gasteiger charge is -2.39. The zero-order chi connectivity index (χ0) is 27.9. The van der Waals surface area contributed by atoms with E-state index in [0.717, 1.165) is 33.6 Å². The number of nitrogens with zero attached hydrogens (tertiary/aromatic N) is 1. The van der Waals surface area contributed by atoms with Crippen LogP contribution in [0.25, 0.3) is 10.2 Å². The number of hydrogen-bond acceptors (Lipinski definition) is 7. The van der Waals surface area contributed by atoms with E-state index in [1.807, 2.05) is 6.92 Å². The highest BCUT2D eigenvalue weighted by Crippen LogP contribution is 2.46. The van der Waals surface area contributed by atoms with Crippen molar-refractivity contribution in [1.29, 1.82) is 0 Å². The third-order valence-electron chi connectivity index (χ3n) is 8.65. The van der Waals surface area contributed by atoms with E-state index in [0.29, 0.717) is 19.3 Å². The lowest BCUT2D eigenvalue weighted by molar-refractivity contribution is -0.233. The van der Waals surface area contributed by atoms with E-state index in [2.05, 4.69) is 42.0 Å². The molecule has 2 aliphatic heterocycles. The van der Waals surface area contributed by atoms with Crippen molar-refractivity contribution in [2.75, 3.05) is 0 Å². The molecule has 1 aromatic heterocycles. The second kappa shape index (κ2) is 10.8. The minimum Gasteiger partial charge on any atom is -0.366 e. The maximum absolute atomic E-state index is 13.6. The number of aliphatic hydroxyl groups is 2. The van der Waals surface area contributed by atoms with Crippen molar-refractivity contribution in [2.45, 2.75) is 103 Å². The Morgan fingerprint density at radius 1 is 1.24 bits per heavy atom. The maximum Gasteiger partial charge on any atom is 0.220 e. The summed E-state index contributed by atoms with van der Waals surface area (Å²) in [6, 6.07) is 5.94. The second-order valence-electron chi connectivity index (χ2n) is 12.1. The van der Waals surface area contributed by atoms with Crippen molar-refractivity contribution < 1.29 is 24.5 Å². The summed E-state index contributed by atoms with van der Waals surface area (Å²) in [4.78, 5) is 31.5. The molecule has 3 N–H and O–H groups in total. The third kappa shape index (κ3) is 6.03. The van der Waals surface area contributed by atoms with Gasteiger partial charge in [-0.25, -0.2) is 4.98 Å². The van der Waals surface area contributed by atoms with Crippen LogP contribution in [0.1, 0.15) is 89.3 Å². The standard InChI is InChI=1S/C30H42N2O5S/c1-7-9-21-27(34)28(4,5)15-13-26(33)32-22(20-11-12-24-23(16-20)31-19(3)38-24)17-25-29(6,37-25)14-8-10-18(2)30(21,35)36/h7,11-12,16,18,21-22,25,35-36H,1,8-10,13-15,17H2,2-6H3,(H,32,33). The molecule has 2 aliphatic rings. The topological polar surface area (TPSA) is 112 Å². The number of amides is 1. The Hall–Kier alpha value is -2.13. The first kappa shape index (κ1) is 28.9. The van der Waals surface area contributed by atoms with Crippen LogP contribution >= 0.6 is 11.3 Å². The van der Waals surface area contributed by atoms with Crippen molar-refractivity contribution >= 4 is 33.2 Å². The van der Waals surface area contributed by atoms with Gasteiger partial charge >= 0.3 is 0 Å². The van der Waals surface area contributed by atoms with Gasteiger partial charge in [0.05, 0.1) is 38.9 Å². The third-order valence-corrected chi connectivity index (χ3v) is 9.60. The molecular weight excluding hydrogens is 500 g/mol. The van der Waals surface area contributed by atoms with E-state index in [1.54, 1.807) is 38.2 Å². The number of hydrogen-bond donors (Lipinski definition) is 3. The highest BCUT2D eigenvalue weighted by Gasteiger charge is 2.53. The minimum atomic E-state index is -2.16. The molecule has 0 saturated carbocycles. The monoisotopic (exact) mass is 542 g/mol. The van der Waals surface area contributed by atoms with Crippen LogP contribution in [0.5, 0.6) is 0 Å². The highest BCUT2D eigenvalue weighted by molar-refractivity contribution is 7.18. The first-order valence-corrected chi connectivity index (χ1v) is 14.5. The molecule has 0 bridgehead atoms. The lowest BCUT2D eigenvalue weighted by atomic mass is 9.71. The van der Waals surface area contributed by atoms with Crippen LogP contribution < -0.4 is 5.32 Å². The number of ether oxygens (including phenoxy) is 1. The van der Waals surface area contributed by atoms with Crippen LogP contribution in [0.4, 0.5) is 0 Å². The predicted octanol–water partition coefficient (Wildman–Crippen LogP) is 5.38. The van der Waals surface area contributed by atoms with Crippen molar-refractivity contribution in [3.05, 3.63) is 41.4 Å². The number of rotatable bonds is 3. The highest BCUT2D eigenvalue weighted by atomic mass is 32.1. The fourth-order valence-corrected chi connectivity index (χ4v) is 6.63. The van der Waals surface area contributed by atoms with Gasteiger partial charge in [-0.3, -0.25) is 9.59 Å². The van der Waals surface area contributed by atoms with Crippen LogP contribution in [0.15, 0.2) is 30.9 Å². The van der Waals surface area contributed by atoms with Gasteiger partial charge in [-0.05, 0) is 57.2 Å². The van der Waals surface area contributed by atoms with E-state index in [-0.39, 0.29) is 42.3 Å². The Morgan fingerprint density at radius 3 is 2.68 bits per heavy atom. The Morgan fingerprint density at radius 2 is 1.97 bits per heavy atom. The number of allylic oxidation sites excluding steroid dienone is 1. The van der Waals surface area contributed by atoms with Gasteiger partial charge in [-0.1, -0.05) is 39.3 Å². The molecule has 0 aliphatic carbocycles. The molecule has 4 rings (SSSR count). The molecule has 0 spiro atoms. The number of epoxide rings is 1. The fraction of sp³-hybridized carbons (Fsp3) is 0.633. The second-order valence-corrected chi connectivity index (χ2v) is 13.4. The van der Waals surface area contributed by atoms with Crippen LogP contribution in [0, 0.1) is 24.2 Å². The minimum absolute atomic E-state index is 0.0107. The number of carbonyl (C=O) groups is 2. The lowest BCUT2D eigenvalue weighted by Crippen LogP contribution is -2.51. The molecule has 38 heavy (non-hydrogen) atoms. The van der Waals surface area contributed by atoms with Gasteiger partial charge in [0.1, 0.15) is 5.78 Å². The average molecular weight is 543 g/mol. The summed E-state index contributed by atoms with van der Waals surface area (Å²) in [7, 11) is 0. The zero-order valence-electron chi connectivity index (χ0n) is 23.3. The van der Waals surface area contributed by atoms with Gasteiger partial charge in [-0.2, -0.15) is 0 Å². The number of aryl methyl sites for hydroxylation is 1. The van der Waals surface area contributed by atoms with Crippen LogP contribution in [0.2, 0.25) is 0 Å². The Balaban J connectivity index is 1.62. The Kier molecular flexibility index (Phi) is 8.20. The number of Topliss-reactive ketones (excluding diaryl/α,β-unsaturated/α-hetero) is 1. The molecule has 0 radical (unpaired) electrons. The van der Waals surface area contributed by atoms with Crippen LogP contribution in [-0.2, 0) is 14.3 Å². The molecule has 2 saturated heterocycles. The van der Waals surface area contributed by atoms with E-state index in [1.165, 1.54) is 0 Å². The first-order chi connectivity index (χ1) is 17.8. The quantitative estimate of drug-likeness (QED) is 0.273. The van der Waals surface area contributed by atoms with Gasteiger partial charge < -0.3 is 20.3 Å². The van der Waals surface area contributed by atoms with Crippen molar-refractivity contribution in [3.8, 4) is 0 Å². The van der Waals surface area contributed by atoms with Crippen molar-refractivity contribution in [1.82, 2.24) is 10.3 Å². The van der Waals surface area contributed by atoms with Gasteiger partial charge in [-0.15, -0.1) is 17.9 Å². The van der Waals surface area contributed by atoms with Crippen molar-refractivity contribution in [2.24, 2.45) is 17.3 Å². The van der Waals surface area contributed by atoms with Gasteiger partial charge in [0.15, 0.2) is 5.79 Å². The molecule has 1 amide bonds. The maximum atomic E-state index is 13.6. The van der Waals surface area contributed by atoms with E-state index >= 15 is 0 Å². The number of thiazole rings is 1. The number of nitrogens with one attached hydrogen (secondary N) is 1. The molecule has 7 nitrogen and oxygen atoms in total. The SMILES string of the molecule is C=CCC1C(=O)C(C)(C)CCC(=O)NC(c2ccc3sc(C)nc3c2)CC2OC2(C)CCCC(C)C1(O)O. The number of ketones is 1. The first-order valence-electron chi connectivity index (χ1n) is 13.7. The average Bonchev–Trinajstić information content (AvgIpc) is 3.31. The normalized spacial score (nSPS) is 32.4. The summed E-state index contributed by atoms with van der Waals surface area (Å²) in [6.07, 6.45) is 4.84. The van der Waals surface area contributed by atoms with Crippen LogP contribution in [-0.4, -0.2) is 44.4 Å². The number of fused-ring (bicyclic) bond motifs is 2. The molecule has 2 aromatic rings. The summed E-state index contributed by atoms with van der Waals surface area (Å²) >= 11 is 1.65. The summed E-state index contributed by atoms with van der Waals surface area (Å²) < 4.78 is 7.26. The van der Waals surface area contributed by atoms with E-state index < -0.39 is 23.0 Å². The molecular formula is C30H42N2O5S. The molecule has 8 heteroatoms. The summed E-state index contributed by atoms with van der Waals surface area (Å²) in [6.45, 7) is 13.2. The molecule has 1 aromatic carbocycles. The summed E-state index contributed by atoms with van der Waals surface area (Å²) in [5, 5.41) is 26.5. The van der Waals surface area contributed by atoms with Gasteiger partial charge in [0.25, 0.3) is 0 Å². The molecule has 208 valence electrons. The van der Waals surface area contributed by atoms with Gasteiger partial charge in [0.2, 0.25) is 5.91 Å². The Labute approximate surface area is 229 Å². The zero-order valence-corrected chi connectivity index (χ0v) is 24.1. The van der Waals surface area contributed by atoms with E-state index in [9.17, 15) is 19.8 Å². The molecule has 2 fully saturated rings. The predicted molar refractivity (Wildman–Crippen MR) is 150 cm³/mol. The molecule has 5 unspecified atom stereocenters. The van der Waals surface area contributed by atoms with Crippen LogP contribution in [0.3, 0.4) is 0 Å². The Bertz CT molecular complexity index is 1200. The van der Waals surface area contributed by atoms with Gasteiger partial charge in [0, 0.05) is 24.2 Å². The van der Waals surface area contributed by atoms with Crippen molar-refractivity contribution in [3.63, 3.8) is 0 Å². The molecule has 3 heterocycles. The van der Waals surface area contributed by atoms with E-state index in [4.69, 9.17) is 4.74 Å². The smallest absolute Gasteiger partial charge is 0.220 e. The fourth-order valence-electron chi connectivity index (χ4n) is 5.82. The summed E-state index contributed by atoms with van der Waals surface area (Å²) in [5.41, 5.74) is 0.683. The number of benzene rings is 1. The summed E-state index contributed by atoms with van der Waals surface area (Å²) in [5.74, 6) is -4.09. The number of aromatic nitrogens is 1. The molecule has 5 atom stereocenters. The number of carbonyl (C=O) groups excluding carboxylic acids is 2. The largest absolute Gasteiger partial charge is 0.366 e.